The minimum atomic E-state index is -4.28. The molecule has 1 N–H and O–H groups in total. The van der Waals surface area contributed by atoms with Crippen molar-refractivity contribution in [2.75, 3.05) is 6.54 Å². The second-order valence-corrected chi connectivity index (χ2v) is 5.78. The summed E-state index contributed by atoms with van der Waals surface area (Å²) < 4.78 is 39.1. The molecule has 2 aromatic rings. The number of thiazole rings is 1. The second kappa shape index (κ2) is 7.00. The van der Waals surface area contributed by atoms with Crippen LogP contribution in [0.1, 0.15) is 16.3 Å². The molecule has 3 nitrogen and oxygen atoms in total. The average molecular weight is 315 g/mol. The van der Waals surface area contributed by atoms with Gasteiger partial charge in [0.15, 0.2) is 0 Å². The molecule has 0 aliphatic heterocycles. The number of nitrogens with one attached hydrogen (secondary N) is 1. The molecule has 1 atom stereocenters. The van der Waals surface area contributed by atoms with E-state index in [0.717, 1.165) is 10.7 Å². The molecule has 0 aliphatic carbocycles. The van der Waals surface area contributed by atoms with Crippen molar-refractivity contribution in [3.05, 3.63) is 46.2 Å². The molecule has 0 amide bonds. The molecular weight excluding hydrogens is 299 g/mol. The minimum absolute atomic E-state index is 0.0951. The van der Waals surface area contributed by atoms with Crippen molar-refractivity contribution >= 4 is 11.3 Å². The van der Waals surface area contributed by atoms with Gasteiger partial charge in [0.1, 0.15) is 6.04 Å². The summed E-state index contributed by atoms with van der Waals surface area (Å²) in [7, 11) is 0. The summed E-state index contributed by atoms with van der Waals surface area (Å²) in [6.45, 7) is 2.13. The Morgan fingerprint density at radius 1 is 1.29 bits per heavy atom. The lowest BCUT2D eigenvalue weighted by Crippen LogP contribution is -2.44. The zero-order valence-corrected chi connectivity index (χ0v) is 12.3. The van der Waals surface area contributed by atoms with Gasteiger partial charge >= 0.3 is 6.18 Å². The Balaban J connectivity index is 1.91. The molecular formula is C14H16F3N3S. The molecule has 7 heteroatoms. The van der Waals surface area contributed by atoms with Crippen LogP contribution in [0.25, 0.3) is 0 Å². The van der Waals surface area contributed by atoms with Crippen LogP contribution in [-0.2, 0) is 12.8 Å². The second-order valence-electron chi connectivity index (χ2n) is 4.72. The lowest BCUT2D eigenvalue weighted by molar-refractivity contribution is -0.155. The summed E-state index contributed by atoms with van der Waals surface area (Å²) >= 11 is 1.50. The van der Waals surface area contributed by atoms with Gasteiger partial charge in [-0.2, -0.15) is 13.2 Å². The third kappa shape index (κ3) is 5.09. The summed E-state index contributed by atoms with van der Waals surface area (Å²) in [6, 6.07) is 1.65. The van der Waals surface area contributed by atoms with Crippen LogP contribution in [0.5, 0.6) is 0 Å². The first-order valence-electron chi connectivity index (χ1n) is 6.55. The van der Waals surface area contributed by atoms with Gasteiger partial charge in [-0.25, -0.2) is 4.98 Å². The van der Waals surface area contributed by atoms with Crippen molar-refractivity contribution in [3.63, 3.8) is 0 Å². The molecule has 0 saturated carbocycles. The molecule has 0 aromatic carbocycles. The van der Waals surface area contributed by atoms with E-state index in [0.29, 0.717) is 12.0 Å². The number of hydrogen-bond acceptors (Lipinski definition) is 4. The van der Waals surface area contributed by atoms with Crippen molar-refractivity contribution in [3.8, 4) is 0 Å². The number of pyridine rings is 1. The van der Waals surface area contributed by atoms with Crippen LogP contribution < -0.4 is 5.32 Å². The number of aromatic nitrogens is 2. The van der Waals surface area contributed by atoms with Crippen LogP contribution in [0.15, 0.2) is 29.9 Å². The van der Waals surface area contributed by atoms with Gasteiger partial charge in [0, 0.05) is 30.7 Å². The fourth-order valence-corrected chi connectivity index (χ4v) is 2.60. The van der Waals surface area contributed by atoms with Gasteiger partial charge < -0.3 is 5.32 Å². The largest absolute Gasteiger partial charge is 0.404 e. The lowest BCUT2D eigenvalue weighted by atomic mass is 10.1. The summed E-state index contributed by atoms with van der Waals surface area (Å²) in [5, 5.41) is 5.39. The van der Waals surface area contributed by atoms with E-state index < -0.39 is 12.2 Å². The van der Waals surface area contributed by atoms with Crippen molar-refractivity contribution in [1.82, 2.24) is 15.3 Å². The van der Waals surface area contributed by atoms with Crippen LogP contribution in [0.4, 0.5) is 13.2 Å². The summed E-state index contributed by atoms with van der Waals surface area (Å²) in [5.74, 6) is 0. The highest BCUT2D eigenvalue weighted by molar-refractivity contribution is 7.09. The van der Waals surface area contributed by atoms with Gasteiger partial charge in [0.05, 0.1) is 10.7 Å². The molecule has 0 saturated heterocycles. The van der Waals surface area contributed by atoms with E-state index in [1.165, 1.54) is 23.7 Å². The molecule has 0 spiro atoms. The highest BCUT2D eigenvalue weighted by Crippen LogP contribution is 2.23. The van der Waals surface area contributed by atoms with Crippen LogP contribution in [0, 0.1) is 6.92 Å². The van der Waals surface area contributed by atoms with Gasteiger partial charge in [-0.3, -0.25) is 4.98 Å². The number of aryl methyl sites for hydroxylation is 1. The standard InChI is InChI=1S/C14H16F3N3S/c1-10-20-12(9-21-10)4-7-19-13(14(15,16)17)8-11-2-5-18-6-3-11/h2-3,5-6,9,13,19H,4,7-8H2,1H3/t13-/m0/s1. The highest BCUT2D eigenvalue weighted by Gasteiger charge is 2.39. The van der Waals surface area contributed by atoms with Gasteiger partial charge in [-0.15, -0.1) is 11.3 Å². The maximum Gasteiger partial charge on any atom is 0.404 e. The first-order chi connectivity index (χ1) is 9.95. The predicted molar refractivity (Wildman–Crippen MR) is 76.3 cm³/mol. The van der Waals surface area contributed by atoms with E-state index in [1.54, 1.807) is 12.1 Å². The highest BCUT2D eigenvalue weighted by atomic mass is 32.1. The summed E-state index contributed by atoms with van der Waals surface area (Å²) in [4.78, 5) is 8.05. The number of halogens is 3. The Morgan fingerprint density at radius 2 is 2.00 bits per heavy atom. The SMILES string of the molecule is Cc1nc(CCN[C@@H](Cc2ccncc2)C(F)(F)F)cs1. The van der Waals surface area contributed by atoms with Gasteiger partial charge in [0.2, 0.25) is 0 Å². The molecule has 2 rings (SSSR count). The first kappa shape index (κ1) is 15.9. The van der Waals surface area contributed by atoms with Crippen molar-refractivity contribution in [2.45, 2.75) is 32.0 Å². The number of hydrogen-bond donors (Lipinski definition) is 1. The van der Waals surface area contributed by atoms with E-state index >= 15 is 0 Å². The van der Waals surface area contributed by atoms with Crippen molar-refractivity contribution in [2.24, 2.45) is 0 Å². The van der Waals surface area contributed by atoms with Crippen LogP contribution in [0.3, 0.4) is 0 Å². The minimum Gasteiger partial charge on any atom is -0.305 e. The van der Waals surface area contributed by atoms with Crippen LogP contribution >= 0.6 is 11.3 Å². The van der Waals surface area contributed by atoms with E-state index in [4.69, 9.17) is 0 Å². The third-order valence-corrected chi connectivity index (χ3v) is 3.85. The molecule has 0 bridgehead atoms. The van der Waals surface area contributed by atoms with Gasteiger partial charge in [0.25, 0.3) is 0 Å². The Labute approximate surface area is 125 Å². The van der Waals surface area contributed by atoms with E-state index in [-0.39, 0.29) is 13.0 Å². The number of nitrogens with zero attached hydrogens (tertiary/aromatic N) is 2. The normalized spacial score (nSPS) is 13.3. The molecule has 0 unspecified atom stereocenters. The maximum absolute atomic E-state index is 13.0. The molecule has 114 valence electrons. The van der Waals surface area contributed by atoms with Gasteiger partial charge in [-0.05, 0) is 31.0 Å². The quantitative estimate of drug-likeness (QED) is 0.890. The monoisotopic (exact) mass is 315 g/mol. The predicted octanol–water partition coefficient (Wildman–Crippen LogP) is 3.15. The van der Waals surface area contributed by atoms with Crippen LogP contribution in [0.2, 0.25) is 0 Å². The average Bonchev–Trinajstić information content (AvgIpc) is 2.83. The van der Waals surface area contributed by atoms with Crippen molar-refractivity contribution < 1.29 is 13.2 Å². The fourth-order valence-electron chi connectivity index (χ4n) is 1.96. The first-order valence-corrected chi connectivity index (χ1v) is 7.43. The molecule has 21 heavy (non-hydrogen) atoms. The zero-order valence-electron chi connectivity index (χ0n) is 11.5. The van der Waals surface area contributed by atoms with E-state index in [2.05, 4.69) is 15.3 Å². The molecule has 0 radical (unpaired) electrons. The van der Waals surface area contributed by atoms with Crippen molar-refractivity contribution in [1.29, 1.82) is 0 Å². The Bertz CT molecular complexity index is 554. The van der Waals surface area contributed by atoms with E-state index in [1.807, 2.05) is 12.3 Å². The molecule has 2 heterocycles. The van der Waals surface area contributed by atoms with E-state index in [9.17, 15) is 13.2 Å². The topological polar surface area (TPSA) is 37.8 Å². The number of rotatable bonds is 6. The Kier molecular flexibility index (Phi) is 5.30. The lowest BCUT2D eigenvalue weighted by Gasteiger charge is -2.21. The third-order valence-electron chi connectivity index (χ3n) is 3.02. The number of alkyl halides is 3. The molecule has 0 fully saturated rings. The fraction of sp³-hybridized carbons (Fsp3) is 0.429. The zero-order chi connectivity index (χ0) is 15.3. The molecule has 0 aliphatic rings. The van der Waals surface area contributed by atoms with Crippen LogP contribution in [-0.4, -0.2) is 28.7 Å². The maximum atomic E-state index is 13.0. The Hall–Kier alpha value is -1.47. The molecule has 2 aromatic heterocycles. The Morgan fingerprint density at radius 3 is 2.57 bits per heavy atom. The summed E-state index contributed by atoms with van der Waals surface area (Å²) in [5.41, 5.74) is 1.44. The van der Waals surface area contributed by atoms with Gasteiger partial charge in [-0.1, -0.05) is 0 Å². The summed E-state index contributed by atoms with van der Waals surface area (Å²) in [6.07, 6.45) is -0.877. The smallest absolute Gasteiger partial charge is 0.305 e.